The Balaban J connectivity index is 1.78. The maximum Gasteiger partial charge on any atom is 0.120 e. The van der Waals surface area contributed by atoms with Crippen molar-refractivity contribution >= 4 is 0 Å². The van der Waals surface area contributed by atoms with Crippen LogP contribution in [0.4, 0.5) is 0 Å². The fourth-order valence-corrected chi connectivity index (χ4v) is 2.41. The second-order valence-electron chi connectivity index (χ2n) is 5.00. The number of hydrogen-bond acceptors (Lipinski definition) is 4. The molecular weight excluding hydrogens is 240 g/mol. The Morgan fingerprint density at radius 1 is 1.37 bits per heavy atom. The van der Waals surface area contributed by atoms with Crippen LogP contribution in [-0.4, -0.2) is 43.3 Å². The molecule has 4 nitrogen and oxygen atoms in total. The van der Waals surface area contributed by atoms with E-state index in [0.717, 1.165) is 25.4 Å². The van der Waals surface area contributed by atoms with Crippen molar-refractivity contribution in [3.05, 3.63) is 29.8 Å². The average Bonchev–Trinajstić information content (AvgIpc) is 2.38. The molecule has 0 saturated carbocycles. The number of rotatable bonds is 4. The number of nitrogens with zero attached hydrogens (tertiary/aromatic N) is 2. The van der Waals surface area contributed by atoms with Crippen LogP contribution in [0, 0.1) is 11.3 Å². The average molecular weight is 260 g/mol. The Bertz CT molecular complexity index is 446. The van der Waals surface area contributed by atoms with Crippen LogP contribution in [0.1, 0.15) is 19.4 Å². The molecule has 19 heavy (non-hydrogen) atoms. The Hall–Kier alpha value is -1.57. The molecular formula is C15H20N2O2. The summed E-state index contributed by atoms with van der Waals surface area (Å²) in [6, 6.07) is 9.38. The Morgan fingerprint density at radius 2 is 2.11 bits per heavy atom. The predicted molar refractivity (Wildman–Crippen MR) is 73.1 cm³/mol. The van der Waals surface area contributed by atoms with Gasteiger partial charge in [-0.1, -0.05) is 6.07 Å². The van der Waals surface area contributed by atoms with Crippen LogP contribution >= 0.6 is 0 Å². The first-order chi connectivity index (χ1) is 9.17. The summed E-state index contributed by atoms with van der Waals surface area (Å²) in [6.07, 6.45) is 0.566. The maximum absolute atomic E-state index is 8.82. The number of hydrogen-bond donors (Lipinski definition) is 0. The van der Waals surface area contributed by atoms with Gasteiger partial charge in [0.2, 0.25) is 0 Å². The molecule has 0 bridgehead atoms. The van der Waals surface area contributed by atoms with Crippen LogP contribution in [-0.2, 0) is 4.74 Å². The van der Waals surface area contributed by atoms with E-state index >= 15 is 0 Å². The Labute approximate surface area is 114 Å². The van der Waals surface area contributed by atoms with Crippen LogP contribution in [0.3, 0.4) is 0 Å². The second-order valence-corrected chi connectivity index (χ2v) is 5.00. The van der Waals surface area contributed by atoms with E-state index in [2.05, 4.69) is 24.8 Å². The van der Waals surface area contributed by atoms with E-state index in [1.165, 1.54) is 0 Å². The lowest BCUT2D eigenvalue weighted by molar-refractivity contribution is -0.0699. The van der Waals surface area contributed by atoms with Crippen LogP contribution in [0.2, 0.25) is 0 Å². The van der Waals surface area contributed by atoms with Gasteiger partial charge in [-0.2, -0.15) is 5.26 Å². The van der Waals surface area contributed by atoms with Gasteiger partial charge in [0.05, 0.1) is 23.8 Å². The van der Waals surface area contributed by atoms with Crippen molar-refractivity contribution in [3.8, 4) is 11.8 Å². The highest BCUT2D eigenvalue weighted by Crippen LogP contribution is 2.13. The third-order valence-electron chi connectivity index (χ3n) is 3.13. The fraction of sp³-hybridized carbons (Fsp3) is 0.533. The summed E-state index contributed by atoms with van der Waals surface area (Å²) in [5.74, 6) is 0.758. The van der Waals surface area contributed by atoms with Crippen molar-refractivity contribution in [2.24, 2.45) is 0 Å². The third-order valence-corrected chi connectivity index (χ3v) is 3.13. The monoisotopic (exact) mass is 260 g/mol. The molecule has 0 aromatic heterocycles. The quantitative estimate of drug-likeness (QED) is 0.831. The minimum Gasteiger partial charge on any atom is -0.492 e. The van der Waals surface area contributed by atoms with Gasteiger partial charge >= 0.3 is 0 Å². The van der Waals surface area contributed by atoms with Crippen molar-refractivity contribution in [1.82, 2.24) is 4.90 Å². The van der Waals surface area contributed by atoms with Crippen molar-refractivity contribution in [2.75, 3.05) is 26.2 Å². The molecule has 2 unspecified atom stereocenters. The van der Waals surface area contributed by atoms with Gasteiger partial charge in [0, 0.05) is 19.6 Å². The highest BCUT2D eigenvalue weighted by atomic mass is 16.5. The summed E-state index contributed by atoms with van der Waals surface area (Å²) in [4.78, 5) is 2.35. The van der Waals surface area contributed by atoms with Gasteiger partial charge in [-0.15, -0.1) is 0 Å². The lowest BCUT2D eigenvalue weighted by Crippen LogP contribution is -2.46. The number of ether oxygens (including phenoxy) is 2. The molecule has 0 radical (unpaired) electrons. The topological polar surface area (TPSA) is 45.5 Å². The molecule has 1 aliphatic rings. The largest absolute Gasteiger partial charge is 0.492 e. The summed E-state index contributed by atoms with van der Waals surface area (Å²) in [5, 5.41) is 8.82. The van der Waals surface area contributed by atoms with Crippen LogP contribution in [0.5, 0.6) is 5.75 Å². The molecule has 1 heterocycles. The molecule has 1 aromatic carbocycles. The van der Waals surface area contributed by atoms with Crippen LogP contribution < -0.4 is 4.74 Å². The number of benzene rings is 1. The van der Waals surface area contributed by atoms with E-state index in [0.29, 0.717) is 12.2 Å². The Morgan fingerprint density at radius 3 is 2.79 bits per heavy atom. The third kappa shape index (κ3) is 4.23. The minimum atomic E-state index is 0.283. The lowest BCUT2D eigenvalue weighted by atomic mass is 10.2. The van der Waals surface area contributed by atoms with Crippen LogP contribution in [0.15, 0.2) is 24.3 Å². The zero-order valence-electron chi connectivity index (χ0n) is 11.5. The van der Waals surface area contributed by atoms with Gasteiger partial charge in [0.25, 0.3) is 0 Å². The first-order valence-electron chi connectivity index (χ1n) is 6.68. The Kier molecular flexibility index (Phi) is 4.78. The standard InChI is InChI=1S/C15H20N2O2/c1-12-10-17(11-13(2)19-12)6-7-18-15-5-3-4-14(8-15)9-16/h3-5,8,12-13H,6-7,10-11H2,1-2H3. The summed E-state index contributed by atoms with van der Waals surface area (Å²) >= 11 is 0. The maximum atomic E-state index is 8.82. The first kappa shape index (κ1) is 13.9. The molecule has 4 heteroatoms. The van der Waals surface area contributed by atoms with Gasteiger partial charge < -0.3 is 9.47 Å². The molecule has 0 N–H and O–H groups in total. The zero-order chi connectivity index (χ0) is 13.7. The van der Waals surface area contributed by atoms with Gasteiger partial charge in [0.15, 0.2) is 0 Å². The van der Waals surface area contributed by atoms with Gasteiger partial charge in [0.1, 0.15) is 12.4 Å². The SMILES string of the molecule is CC1CN(CCOc2cccc(C#N)c2)CC(C)O1. The van der Waals surface area contributed by atoms with E-state index in [9.17, 15) is 0 Å². The van der Waals surface area contributed by atoms with Crippen molar-refractivity contribution < 1.29 is 9.47 Å². The first-order valence-corrected chi connectivity index (χ1v) is 6.68. The van der Waals surface area contributed by atoms with Crippen molar-refractivity contribution in [1.29, 1.82) is 5.26 Å². The minimum absolute atomic E-state index is 0.283. The summed E-state index contributed by atoms with van der Waals surface area (Å²) in [7, 11) is 0. The molecule has 1 aromatic rings. The van der Waals surface area contributed by atoms with E-state index < -0.39 is 0 Å². The molecule has 0 aliphatic carbocycles. The summed E-state index contributed by atoms with van der Waals surface area (Å²) in [6.45, 7) is 7.61. The summed E-state index contributed by atoms with van der Waals surface area (Å²) < 4.78 is 11.4. The van der Waals surface area contributed by atoms with Crippen molar-refractivity contribution in [2.45, 2.75) is 26.1 Å². The molecule has 2 rings (SSSR count). The predicted octanol–water partition coefficient (Wildman–Crippen LogP) is 2.05. The highest BCUT2D eigenvalue weighted by molar-refractivity contribution is 5.36. The normalized spacial score (nSPS) is 23.8. The highest BCUT2D eigenvalue weighted by Gasteiger charge is 2.21. The van der Waals surface area contributed by atoms with E-state index in [1.54, 1.807) is 12.1 Å². The molecule has 2 atom stereocenters. The molecule has 0 spiro atoms. The van der Waals surface area contributed by atoms with Gasteiger partial charge in [-0.05, 0) is 32.0 Å². The van der Waals surface area contributed by atoms with Gasteiger partial charge in [-0.25, -0.2) is 0 Å². The zero-order valence-corrected chi connectivity index (χ0v) is 11.5. The summed E-state index contributed by atoms with van der Waals surface area (Å²) in [5.41, 5.74) is 0.631. The van der Waals surface area contributed by atoms with E-state index in [1.807, 2.05) is 12.1 Å². The number of nitriles is 1. The molecule has 102 valence electrons. The lowest BCUT2D eigenvalue weighted by Gasteiger charge is -2.35. The molecule has 0 amide bonds. The molecule has 1 fully saturated rings. The van der Waals surface area contributed by atoms with Crippen molar-refractivity contribution in [3.63, 3.8) is 0 Å². The smallest absolute Gasteiger partial charge is 0.120 e. The molecule has 1 aliphatic heterocycles. The van der Waals surface area contributed by atoms with E-state index in [-0.39, 0.29) is 12.2 Å². The van der Waals surface area contributed by atoms with Crippen LogP contribution in [0.25, 0.3) is 0 Å². The fourth-order valence-electron chi connectivity index (χ4n) is 2.41. The number of morpholine rings is 1. The second kappa shape index (κ2) is 6.55. The van der Waals surface area contributed by atoms with Gasteiger partial charge in [-0.3, -0.25) is 4.90 Å². The molecule has 1 saturated heterocycles. The van der Waals surface area contributed by atoms with E-state index in [4.69, 9.17) is 14.7 Å².